The number of halogens is 1. The highest BCUT2D eigenvalue weighted by Gasteiger charge is 2.17. The molecule has 0 unspecified atom stereocenters. The molecule has 3 aromatic rings. The highest BCUT2D eigenvalue weighted by molar-refractivity contribution is 9.10. The van der Waals surface area contributed by atoms with Crippen LogP contribution in [0.3, 0.4) is 0 Å². The number of carboxylic acid groups (broad SMARTS) is 1. The van der Waals surface area contributed by atoms with E-state index in [9.17, 15) is 9.90 Å². The predicted octanol–water partition coefficient (Wildman–Crippen LogP) is 4.05. The molecule has 0 amide bonds. The molecule has 106 valence electrons. The van der Waals surface area contributed by atoms with E-state index in [-0.39, 0.29) is 5.56 Å². The first-order valence-corrected chi connectivity index (χ1v) is 7.41. The van der Waals surface area contributed by atoms with E-state index >= 15 is 0 Å². The van der Waals surface area contributed by atoms with Gasteiger partial charge in [-0.15, -0.1) is 0 Å². The topological polar surface area (TPSA) is 55.1 Å². The van der Waals surface area contributed by atoms with Gasteiger partial charge in [-0.2, -0.15) is 0 Å². The van der Waals surface area contributed by atoms with Crippen molar-refractivity contribution in [2.75, 3.05) is 0 Å². The normalized spacial score (nSPS) is 11.0. The van der Waals surface area contributed by atoms with Crippen molar-refractivity contribution in [3.63, 3.8) is 0 Å². The van der Waals surface area contributed by atoms with Gasteiger partial charge in [0.2, 0.25) is 0 Å². The fourth-order valence-corrected chi connectivity index (χ4v) is 2.92. The highest BCUT2D eigenvalue weighted by atomic mass is 79.9. The lowest BCUT2D eigenvalue weighted by atomic mass is 10.2. The van der Waals surface area contributed by atoms with Crippen molar-refractivity contribution < 1.29 is 9.90 Å². The maximum atomic E-state index is 11.4. The first-order valence-electron chi connectivity index (χ1n) is 6.62. The summed E-state index contributed by atoms with van der Waals surface area (Å²) in [5.41, 5.74) is 2.52. The summed E-state index contributed by atoms with van der Waals surface area (Å²) < 4.78 is 2.95. The number of nitrogens with zero attached hydrogens (tertiary/aromatic N) is 2. The molecule has 0 radical (unpaired) electrons. The van der Waals surface area contributed by atoms with Crippen LogP contribution >= 0.6 is 15.9 Å². The Kier molecular flexibility index (Phi) is 3.51. The van der Waals surface area contributed by atoms with Crippen LogP contribution in [0.5, 0.6) is 0 Å². The number of aromatic nitrogens is 2. The number of aromatic carboxylic acids is 1. The lowest BCUT2D eigenvalue weighted by Gasteiger charge is -2.10. The van der Waals surface area contributed by atoms with E-state index in [0.717, 1.165) is 27.9 Å². The Balaban J connectivity index is 2.40. The summed E-state index contributed by atoms with van der Waals surface area (Å²) in [6.45, 7) is 2.01. The Bertz CT molecular complexity index is 839. The first-order chi connectivity index (χ1) is 10.1. The molecule has 3 rings (SSSR count). The van der Waals surface area contributed by atoms with Crippen molar-refractivity contribution in [1.29, 1.82) is 0 Å². The quantitative estimate of drug-likeness (QED) is 0.779. The van der Waals surface area contributed by atoms with Crippen LogP contribution in [-0.2, 0) is 6.42 Å². The Morgan fingerprint density at radius 2 is 2.00 bits per heavy atom. The zero-order valence-electron chi connectivity index (χ0n) is 11.4. The van der Waals surface area contributed by atoms with Gasteiger partial charge in [0.15, 0.2) is 0 Å². The molecule has 0 saturated heterocycles. The fraction of sp³-hybridized carbons (Fsp3) is 0.125. The van der Waals surface area contributed by atoms with Crippen LogP contribution in [0.25, 0.3) is 16.7 Å². The second-order valence-corrected chi connectivity index (χ2v) is 5.50. The summed E-state index contributed by atoms with van der Waals surface area (Å²) in [6.07, 6.45) is 0.717. The second-order valence-electron chi connectivity index (χ2n) is 4.65. The Labute approximate surface area is 130 Å². The molecule has 0 saturated carbocycles. The fourth-order valence-electron chi connectivity index (χ4n) is 2.46. The van der Waals surface area contributed by atoms with Crippen LogP contribution in [0.2, 0.25) is 0 Å². The number of rotatable bonds is 3. The van der Waals surface area contributed by atoms with E-state index in [1.807, 2.05) is 41.8 Å². The van der Waals surface area contributed by atoms with Crippen molar-refractivity contribution in [1.82, 2.24) is 9.55 Å². The molecule has 0 fully saturated rings. The zero-order chi connectivity index (χ0) is 15.0. The van der Waals surface area contributed by atoms with E-state index in [2.05, 4.69) is 20.9 Å². The molecular weight excluding hydrogens is 332 g/mol. The van der Waals surface area contributed by atoms with Gasteiger partial charge >= 0.3 is 5.97 Å². The molecule has 0 atom stereocenters. The van der Waals surface area contributed by atoms with Gasteiger partial charge < -0.3 is 5.11 Å². The Hall–Kier alpha value is -2.14. The zero-order valence-corrected chi connectivity index (χ0v) is 13.0. The maximum Gasteiger partial charge on any atom is 0.337 e. The number of imidazole rings is 1. The minimum absolute atomic E-state index is 0.230. The van der Waals surface area contributed by atoms with Crippen LogP contribution in [-0.4, -0.2) is 20.6 Å². The van der Waals surface area contributed by atoms with E-state index in [0.29, 0.717) is 5.52 Å². The van der Waals surface area contributed by atoms with Crippen LogP contribution in [0, 0.1) is 0 Å². The third-order valence-electron chi connectivity index (χ3n) is 3.39. The average Bonchev–Trinajstić information content (AvgIpc) is 2.85. The molecule has 4 nitrogen and oxygen atoms in total. The number of carbonyl (C=O) groups is 1. The van der Waals surface area contributed by atoms with Crippen LogP contribution in [0.1, 0.15) is 23.1 Å². The van der Waals surface area contributed by atoms with Crippen molar-refractivity contribution in [3.05, 3.63) is 58.3 Å². The van der Waals surface area contributed by atoms with Gasteiger partial charge in [0.05, 0.1) is 16.8 Å². The van der Waals surface area contributed by atoms with Crippen molar-refractivity contribution >= 4 is 32.9 Å². The molecule has 0 spiro atoms. The molecule has 2 aromatic carbocycles. The molecule has 0 aliphatic heterocycles. The average molecular weight is 345 g/mol. The molecule has 21 heavy (non-hydrogen) atoms. The number of para-hydroxylation sites is 2. The summed E-state index contributed by atoms with van der Waals surface area (Å²) in [7, 11) is 0. The van der Waals surface area contributed by atoms with Crippen LogP contribution < -0.4 is 0 Å². The Morgan fingerprint density at radius 3 is 2.67 bits per heavy atom. The molecule has 5 heteroatoms. The van der Waals surface area contributed by atoms with Gasteiger partial charge in [-0.1, -0.05) is 25.1 Å². The SMILES string of the molecule is CCc1nc2c(C(=O)O)cccc2n1-c1ccccc1Br. The number of hydrogen-bond acceptors (Lipinski definition) is 2. The summed E-state index contributed by atoms with van der Waals surface area (Å²) in [4.78, 5) is 15.9. The van der Waals surface area contributed by atoms with E-state index in [1.165, 1.54) is 0 Å². The number of fused-ring (bicyclic) bond motifs is 1. The van der Waals surface area contributed by atoms with Crippen molar-refractivity contribution in [3.8, 4) is 5.69 Å². The number of aryl methyl sites for hydroxylation is 1. The predicted molar refractivity (Wildman–Crippen MR) is 85.1 cm³/mol. The van der Waals surface area contributed by atoms with Gasteiger partial charge in [0, 0.05) is 10.9 Å². The standard InChI is InChI=1S/C16H13BrN2O2/c1-2-14-18-15-10(16(20)21)6-5-9-13(15)19(14)12-8-4-3-7-11(12)17/h3-9H,2H2,1H3,(H,20,21). The van der Waals surface area contributed by atoms with Crippen LogP contribution in [0.15, 0.2) is 46.9 Å². The van der Waals surface area contributed by atoms with Crippen molar-refractivity contribution in [2.45, 2.75) is 13.3 Å². The van der Waals surface area contributed by atoms with Gasteiger partial charge in [0.1, 0.15) is 11.3 Å². The molecule has 0 aliphatic rings. The molecule has 1 heterocycles. The summed E-state index contributed by atoms with van der Waals surface area (Å²) >= 11 is 3.55. The van der Waals surface area contributed by atoms with Gasteiger partial charge in [0.25, 0.3) is 0 Å². The van der Waals surface area contributed by atoms with E-state index < -0.39 is 5.97 Å². The Morgan fingerprint density at radius 1 is 1.24 bits per heavy atom. The third kappa shape index (κ3) is 2.23. The smallest absolute Gasteiger partial charge is 0.337 e. The summed E-state index contributed by atoms with van der Waals surface area (Å²) in [5.74, 6) is -0.120. The minimum atomic E-state index is -0.958. The molecule has 0 aliphatic carbocycles. The van der Waals surface area contributed by atoms with E-state index in [4.69, 9.17) is 0 Å². The number of benzene rings is 2. The molecule has 1 N–H and O–H groups in total. The minimum Gasteiger partial charge on any atom is -0.478 e. The molecular formula is C16H13BrN2O2. The lowest BCUT2D eigenvalue weighted by Crippen LogP contribution is -2.01. The number of hydrogen-bond donors (Lipinski definition) is 1. The van der Waals surface area contributed by atoms with Crippen molar-refractivity contribution in [2.24, 2.45) is 0 Å². The summed E-state index contributed by atoms with van der Waals surface area (Å²) in [6, 6.07) is 13.1. The highest BCUT2D eigenvalue weighted by Crippen LogP contribution is 2.28. The maximum absolute atomic E-state index is 11.4. The lowest BCUT2D eigenvalue weighted by molar-refractivity contribution is 0.0699. The number of carboxylic acids is 1. The van der Waals surface area contributed by atoms with Crippen LogP contribution in [0.4, 0.5) is 0 Å². The second kappa shape index (κ2) is 5.33. The largest absolute Gasteiger partial charge is 0.478 e. The van der Waals surface area contributed by atoms with Gasteiger partial charge in [-0.3, -0.25) is 4.57 Å². The molecule has 0 bridgehead atoms. The van der Waals surface area contributed by atoms with E-state index in [1.54, 1.807) is 12.1 Å². The van der Waals surface area contributed by atoms with Gasteiger partial charge in [-0.25, -0.2) is 9.78 Å². The monoisotopic (exact) mass is 344 g/mol. The van der Waals surface area contributed by atoms with Gasteiger partial charge in [-0.05, 0) is 40.2 Å². The molecule has 1 aromatic heterocycles. The first kappa shape index (κ1) is 13.8. The third-order valence-corrected chi connectivity index (χ3v) is 4.07. The summed E-state index contributed by atoms with van der Waals surface area (Å²) in [5, 5.41) is 9.32.